The second-order valence-electron chi connectivity index (χ2n) is 11.0. The highest BCUT2D eigenvalue weighted by molar-refractivity contribution is 5.91. The average molecular weight is 466 g/mol. The van der Waals surface area contributed by atoms with Crippen LogP contribution in [-0.2, 0) is 22.1 Å². The second kappa shape index (κ2) is 8.01. The van der Waals surface area contributed by atoms with Crippen LogP contribution in [0.5, 0.6) is 5.75 Å². The van der Waals surface area contributed by atoms with Crippen molar-refractivity contribution in [2.75, 3.05) is 33.4 Å². The molecule has 0 radical (unpaired) electrons. The van der Waals surface area contributed by atoms with Crippen LogP contribution in [0.15, 0.2) is 18.2 Å². The standard InChI is InChI=1S/C27H35N3O4/c1-28-21-12-19(34-2)9-10-20(21)24-25(28)22(13-31)30(26(33)18-5-3-4-6-18)16-27(24)14-29(15-27)23(32)11-17-7-8-17/h9-10,12,17-18,22,31H,3-8,11,13-16H2,1-2H3/t22-/m1/s1. The van der Waals surface area contributed by atoms with Gasteiger partial charge in [0.1, 0.15) is 5.75 Å². The van der Waals surface area contributed by atoms with E-state index in [1.807, 2.05) is 29.0 Å². The van der Waals surface area contributed by atoms with E-state index in [0.717, 1.165) is 48.0 Å². The van der Waals surface area contributed by atoms with E-state index < -0.39 is 0 Å². The van der Waals surface area contributed by atoms with Crippen molar-refractivity contribution in [3.63, 3.8) is 0 Å². The number of aromatic nitrogens is 1. The van der Waals surface area contributed by atoms with E-state index in [1.54, 1.807) is 7.11 Å². The number of nitrogens with zero attached hydrogens (tertiary/aromatic N) is 3. The Morgan fingerprint density at radius 1 is 1.12 bits per heavy atom. The number of likely N-dealkylation sites (tertiary alicyclic amines) is 1. The number of ether oxygens (including phenoxy) is 1. The van der Waals surface area contributed by atoms with Crippen molar-refractivity contribution in [1.82, 2.24) is 14.4 Å². The molecule has 3 fully saturated rings. The van der Waals surface area contributed by atoms with Crippen LogP contribution < -0.4 is 4.74 Å². The van der Waals surface area contributed by atoms with Crippen molar-refractivity contribution in [3.8, 4) is 5.75 Å². The molecule has 1 aromatic heterocycles. The highest BCUT2D eigenvalue weighted by Gasteiger charge is 2.56. The average Bonchev–Trinajstić information content (AvgIpc) is 3.36. The SMILES string of the molecule is COc1ccc2c3c(n(C)c2c1)[C@@H](CO)N(C(=O)C1CCCC1)CC31CN(C(=O)CC2CC2)C1. The molecule has 2 saturated carbocycles. The third-order valence-corrected chi connectivity index (χ3v) is 8.81. The Kier molecular flexibility index (Phi) is 5.17. The number of rotatable bonds is 5. The Morgan fingerprint density at radius 2 is 1.85 bits per heavy atom. The smallest absolute Gasteiger partial charge is 0.226 e. The number of aliphatic hydroxyl groups is 1. The summed E-state index contributed by atoms with van der Waals surface area (Å²) in [5.41, 5.74) is 2.97. The lowest BCUT2D eigenvalue weighted by Crippen LogP contribution is -2.68. The number of hydrogen-bond donors (Lipinski definition) is 1. The first-order valence-corrected chi connectivity index (χ1v) is 12.8. The van der Waals surface area contributed by atoms with Gasteiger partial charge < -0.3 is 24.2 Å². The van der Waals surface area contributed by atoms with Crippen LogP contribution in [0.25, 0.3) is 10.9 Å². The Hall–Kier alpha value is -2.54. The van der Waals surface area contributed by atoms with Crippen molar-refractivity contribution in [2.45, 2.75) is 56.4 Å². The third kappa shape index (κ3) is 3.27. The molecule has 34 heavy (non-hydrogen) atoms. The summed E-state index contributed by atoms with van der Waals surface area (Å²) in [5, 5.41) is 11.7. The zero-order valence-corrected chi connectivity index (χ0v) is 20.3. The van der Waals surface area contributed by atoms with Crippen molar-refractivity contribution in [2.24, 2.45) is 18.9 Å². The van der Waals surface area contributed by atoms with Crippen LogP contribution in [0.1, 0.15) is 62.2 Å². The summed E-state index contributed by atoms with van der Waals surface area (Å²) in [6, 6.07) is 5.75. The maximum atomic E-state index is 13.7. The van der Waals surface area contributed by atoms with E-state index in [0.29, 0.717) is 32.0 Å². The molecule has 2 aliphatic carbocycles. The van der Waals surface area contributed by atoms with Gasteiger partial charge in [-0.05, 0) is 49.3 Å². The summed E-state index contributed by atoms with van der Waals surface area (Å²) >= 11 is 0. The fraction of sp³-hybridized carbons (Fsp3) is 0.630. The lowest BCUT2D eigenvalue weighted by atomic mass is 9.68. The summed E-state index contributed by atoms with van der Waals surface area (Å²) in [6.07, 6.45) is 7.06. The van der Waals surface area contributed by atoms with Gasteiger partial charge in [-0.1, -0.05) is 12.8 Å². The Labute approximate surface area is 200 Å². The number of carbonyl (C=O) groups excluding carboxylic acids is 2. The fourth-order valence-electron chi connectivity index (χ4n) is 6.81. The lowest BCUT2D eigenvalue weighted by Gasteiger charge is -2.56. The molecule has 7 nitrogen and oxygen atoms in total. The molecule has 0 bridgehead atoms. The summed E-state index contributed by atoms with van der Waals surface area (Å²) < 4.78 is 7.63. The molecule has 2 amide bonds. The number of aryl methyl sites for hydroxylation is 1. The topological polar surface area (TPSA) is 75.0 Å². The number of benzene rings is 1. The number of fused-ring (bicyclic) bond motifs is 4. The molecular weight excluding hydrogens is 430 g/mol. The summed E-state index contributed by atoms with van der Waals surface area (Å²) in [6.45, 7) is 1.75. The van der Waals surface area contributed by atoms with Gasteiger partial charge in [0, 0.05) is 56.2 Å². The first-order valence-electron chi connectivity index (χ1n) is 12.8. The first-order chi connectivity index (χ1) is 16.5. The maximum Gasteiger partial charge on any atom is 0.226 e. The van der Waals surface area contributed by atoms with Gasteiger partial charge in [0.25, 0.3) is 0 Å². The van der Waals surface area contributed by atoms with Gasteiger partial charge in [-0.15, -0.1) is 0 Å². The lowest BCUT2D eigenvalue weighted by molar-refractivity contribution is -0.148. The van der Waals surface area contributed by atoms with Gasteiger partial charge in [-0.25, -0.2) is 0 Å². The quantitative estimate of drug-likeness (QED) is 0.736. The summed E-state index contributed by atoms with van der Waals surface area (Å²) in [7, 11) is 3.69. The molecule has 182 valence electrons. The molecule has 2 aliphatic heterocycles. The zero-order valence-electron chi connectivity index (χ0n) is 20.3. The van der Waals surface area contributed by atoms with E-state index in [-0.39, 0.29) is 35.8 Å². The minimum Gasteiger partial charge on any atom is -0.497 e. The van der Waals surface area contributed by atoms with E-state index >= 15 is 0 Å². The predicted molar refractivity (Wildman–Crippen MR) is 129 cm³/mol. The van der Waals surface area contributed by atoms with Crippen LogP contribution in [0.3, 0.4) is 0 Å². The zero-order chi connectivity index (χ0) is 23.6. The summed E-state index contributed by atoms with van der Waals surface area (Å²) in [4.78, 5) is 30.5. The summed E-state index contributed by atoms with van der Waals surface area (Å²) in [5.74, 6) is 1.82. The fourth-order valence-corrected chi connectivity index (χ4v) is 6.81. The molecule has 4 aliphatic rings. The van der Waals surface area contributed by atoms with Crippen molar-refractivity contribution in [1.29, 1.82) is 0 Å². The van der Waals surface area contributed by atoms with Gasteiger partial charge in [0.15, 0.2) is 0 Å². The minimum absolute atomic E-state index is 0.0510. The van der Waals surface area contributed by atoms with E-state index in [1.165, 1.54) is 18.4 Å². The molecular formula is C27H35N3O4. The number of amides is 2. The number of carbonyl (C=O) groups is 2. The number of methoxy groups -OCH3 is 1. The van der Waals surface area contributed by atoms with Gasteiger partial charge in [-0.2, -0.15) is 0 Å². The molecule has 1 saturated heterocycles. The van der Waals surface area contributed by atoms with E-state index in [2.05, 4.69) is 10.6 Å². The highest BCUT2D eigenvalue weighted by atomic mass is 16.5. The Bertz CT molecular complexity index is 1140. The van der Waals surface area contributed by atoms with Gasteiger partial charge in [0.2, 0.25) is 11.8 Å². The Morgan fingerprint density at radius 3 is 2.50 bits per heavy atom. The molecule has 6 rings (SSSR count). The van der Waals surface area contributed by atoms with Crippen molar-refractivity contribution >= 4 is 22.7 Å². The van der Waals surface area contributed by atoms with Gasteiger partial charge in [0.05, 0.1) is 30.7 Å². The molecule has 1 aromatic carbocycles. The molecule has 3 heterocycles. The molecule has 0 unspecified atom stereocenters. The van der Waals surface area contributed by atoms with Gasteiger partial charge in [-0.3, -0.25) is 9.59 Å². The monoisotopic (exact) mass is 465 g/mol. The largest absolute Gasteiger partial charge is 0.497 e. The van der Waals surface area contributed by atoms with Crippen LogP contribution in [0, 0.1) is 11.8 Å². The van der Waals surface area contributed by atoms with Crippen LogP contribution in [-0.4, -0.2) is 64.6 Å². The second-order valence-corrected chi connectivity index (χ2v) is 11.0. The third-order valence-electron chi connectivity index (χ3n) is 8.81. The molecule has 2 aromatic rings. The van der Waals surface area contributed by atoms with Crippen LogP contribution in [0.2, 0.25) is 0 Å². The first kappa shape index (κ1) is 22.0. The van der Waals surface area contributed by atoms with E-state index in [9.17, 15) is 14.7 Å². The predicted octanol–water partition coefficient (Wildman–Crippen LogP) is 3.13. The minimum atomic E-state index is -0.367. The Balaban J connectivity index is 1.44. The van der Waals surface area contributed by atoms with Gasteiger partial charge >= 0.3 is 0 Å². The molecule has 7 heteroatoms. The maximum absolute atomic E-state index is 13.7. The van der Waals surface area contributed by atoms with E-state index in [4.69, 9.17) is 4.74 Å². The van der Waals surface area contributed by atoms with Crippen LogP contribution in [0.4, 0.5) is 0 Å². The normalized spacial score (nSPS) is 23.9. The number of aliphatic hydroxyl groups excluding tert-OH is 1. The van der Waals surface area contributed by atoms with Crippen LogP contribution >= 0.6 is 0 Å². The molecule has 1 atom stereocenters. The van der Waals surface area contributed by atoms with Crippen molar-refractivity contribution in [3.05, 3.63) is 29.5 Å². The molecule has 1 N–H and O–H groups in total. The number of hydrogen-bond acceptors (Lipinski definition) is 4. The van der Waals surface area contributed by atoms with Crippen molar-refractivity contribution < 1.29 is 19.4 Å². The molecule has 1 spiro atoms. The highest BCUT2D eigenvalue weighted by Crippen LogP contribution is 2.50.